The van der Waals surface area contributed by atoms with Crippen LogP contribution in [0.5, 0.6) is 0 Å². The van der Waals surface area contributed by atoms with Crippen molar-refractivity contribution < 1.29 is 13.2 Å². The maximum Gasteiger partial charge on any atom is 0.417 e. The molecule has 0 radical (unpaired) electrons. The molecule has 0 aliphatic rings. The summed E-state index contributed by atoms with van der Waals surface area (Å²) < 4.78 is 41.6. The average molecular weight is 369 g/mol. The Morgan fingerprint density at radius 3 is 2.30 bits per heavy atom. The fourth-order valence-electron chi connectivity index (χ4n) is 3.17. The Hall–Kier alpha value is -3.07. The van der Waals surface area contributed by atoms with E-state index in [1.54, 1.807) is 23.7 Å². The number of alkyl halides is 3. The van der Waals surface area contributed by atoms with Crippen molar-refractivity contribution >= 4 is 0 Å². The molecule has 0 aliphatic carbocycles. The molecule has 1 heterocycles. The molecule has 0 fully saturated rings. The highest BCUT2D eigenvalue weighted by atomic mass is 19.4. The zero-order valence-electron chi connectivity index (χ0n) is 15.2. The summed E-state index contributed by atoms with van der Waals surface area (Å²) in [6.45, 7) is 6.16. The predicted molar refractivity (Wildman–Crippen MR) is 97.1 cm³/mol. The first-order valence-electron chi connectivity index (χ1n) is 8.42. The van der Waals surface area contributed by atoms with Gasteiger partial charge in [0, 0.05) is 11.3 Å². The van der Waals surface area contributed by atoms with Crippen LogP contribution < -0.4 is 0 Å². The summed E-state index contributed by atoms with van der Waals surface area (Å²) in [5, 5.41) is 13.5. The van der Waals surface area contributed by atoms with E-state index in [1.165, 1.54) is 6.07 Å². The van der Waals surface area contributed by atoms with Crippen LogP contribution in [0.1, 0.15) is 33.6 Å². The third kappa shape index (κ3) is 3.72. The highest BCUT2D eigenvalue weighted by molar-refractivity contribution is 5.70. The van der Waals surface area contributed by atoms with Crippen LogP contribution in [0.15, 0.2) is 42.5 Å². The number of nitrogens with zero attached hydrogens (tertiary/aromatic N) is 3. The fourth-order valence-corrected chi connectivity index (χ4v) is 3.17. The minimum atomic E-state index is -4.58. The Kier molecular flexibility index (Phi) is 4.79. The number of hydrogen-bond donors (Lipinski definition) is 0. The lowest BCUT2D eigenvalue weighted by Gasteiger charge is -2.11. The summed E-state index contributed by atoms with van der Waals surface area (Å²) in [5.41, 5.74) is 3.42. The maximum atomic E-state index is 13.3. The maximum absolute atomic E-state index is 13.3. The minimum absolute atomic E-state index is 0.381. The molecule has 0 unspecified atom stereocenters. The van der Waals surface area contributed by atoms with E-state index in [9.17, 15) is 13.2 Å². The largest absolute Gasteiger partial charge is 0.417 e. The first-order valence-corrected chi connectivity index (χ1v) is 8.42. The lowest BCUT2D eigenvalue weighted by atomic mass is 9.98. The number of aryl methyl sites for hydroxylation is 2. The van der Waals surface area contributed by atoms with Crippen LogP contribution in [-0.2, 0) is 12.7 Å². The molecule has 0 aliphatic heterocycles. The molecular formula is C21H18F3N3. The topological polar surface area (TPSA) is 41.6 Å². The Labute approximate surface area is 155 Å². The Morgan fingerprint density at radius 2 is 1.70 bits per heavy atom. The number of halogens is 3. The molecule has 0 amide bonds. The van der Waals surface area contributed by atoms with E-state index in [0.717, 1.165) is 22.9 Å². The second kappa shape index (κ2) is 6.92. The molecule has 0 bridgehead atoms. The Morgan fingerprint density at radius 1 is 1.04 bits per heavy atom. The van der Waals surface area contributed by atoms with E-state index in [0.29, 0.717) is 23.4 Å². The SMILES string of the molecule is Cc1ccc(Cn2nc(C)c(-c3ccc(C#N)c(C(F)(F)F)c3)c2C)cc1. The second-order valence-electron chi connectivity index (χ2n) is 6.56. The van der Waals surface area contributed by atoms with E-state index in [4.69, 9.17) is 5.26 Å². The lowest BCUT2D eigenvalue weighted by Crippen LogP contribution is -2.08. The highest BCUT2D eigenvalue weighted by Crippen LogP contribution is 2.36. The summed E-state index contributed by atoms with van der Waals surface area (Å²) in [5.74, 6) is 0. The van der Waals surface area contributed by atoms with E-state index < -0.39 is 11.7 Å². The quantitative estimate of drug-likeness (QED) is 0.619. The molecular weight excluding hydrogens is 351 g/mol. The normalized spacial score (nSPS) is 11.4. The van der Waals surface area contributed by atoms with Gasteiger partial charge in [-0.05, 0) is 44.0 Å². The van der Waals surface area contributed by atoms with Crippen molar-refractivity contribution in [3.63, 3.8) is 0 Å². The zero-order chi connectivity index (χ0) is 19.8. The van der Waals surface area contributed by atoms with Gasteiger partial charge in [-0.25, -0.2) is 0 Å². The smallest absolute Gasteiger partial charge is 0.265 e. The number of benzene rings is 2. The number of hydrogen-bond acceptors (Lipinski definition) is 2. The van der Waals surface area contributed by atoms with Crippen molar-refractivity contribution in [1.29, 1.82) is 5.26 Å². The van der Waals surface area contributed by atoms with Crippen LogP contribution in [0.2, 0.25) is 0 Å². The summed E-state index contributed by atoms with van der Waals surface area (Å²) in [4.78, 5) is 0. The van der Waals surface area contributed by atoms with Crippen LogP contribution in [0.4, 0.5) is 13.2 Å². The molecule has 0 N–H and O–H groups in total. The summed E-state index contributed by atoms with van der Waals surface area (Å²) >= 11 is 0. The van der Waals surface area contributed by atoms with Gasteiger partial charge in [0.2, 0.25) is 0 Å². The zero-order valence-corrected chi connectivity index (χ0v) is 15.2. The number of aromatic nitrogens is 2. The van der Waals surface area contributed by atoms with Crippen LogP contribution in [0.3, 0.4) is 0 Å². The van der Waals surface area contributed by atoms with Gasteiger partial charge in [-0.3, -0.25) is 4.68 Å². The van der Waals surface area contributed by atoms with Crippen molar-refractivity contribution in [1.82, 2.24) is 9.78 Å². The van der Waals surface area contributed by atoms with E-state index in [1.807, 2.05) is 38.1 Å². The third-order valence-corrected chi connectivity index (χ3v) is 4.57. The third-order valence-electron chi connectivity index (χ3n) is 4.57. The molecule has 0 spiro atoms. The van der Waals surface area contributed by atoms with E-state index in [-0.39, 0.29) is 5.56 Å². The van der Waals surface area contributed by atoms with Gasteiger partial charge < -0.3 is 0 Å². The number of nitriles is 1. The van der Waals surface area contributed by atoms with Gasteiger partial charge in [-0.15, -0.1) is 0 Å². The van der Waals surface area contributed by atoms with Gasteiger partial charge in [0.15, 0.2) is 0 Å². The summed E-state index contributed by atoms with van der Waals surface area (Å²) in [6, 6.07) is 13.4. The molecule has 3 aromatic rings. The number of rotatable bonds is 3. The van der Waals surface area contributed by atoms with Crippen molar-refractivity contribution in [2.75, 3.05) is 0 Å². The van der Waals surface area contributed by atoms with Crippen LogP contribution in [0, 0.1) is 32.1 Å². The molecule has 3 nitrogen and oxygen atoms in total. The lowest BCUT2D eigenvalue weighted by molar-refractivity contribution is -0.137. The van der Waals surface area contributed by atoms with E-state index >= 15 is 0 Å². The monoisotopic (exact) mass is 369 g/mol. The second-order valence-corrected chi connectivity index (χ2v) is 6.56. The molecule has 0 atom stereocenters. The molecule has 6 heteroatoms. The highest BCUT2D eigenvalue weighted by Gasteiger charge is 2.34. The first kappa shape index (κ1) is 18.7. The van der Waals surface area contributed by atoms with E-state index in [2.05, 4.69) is 5.10 Å². The minimum Gasteiger partial charge on any atom is -0.265 e. The molecule has 138 valence electrons. The molecule has 3 rings (SSSR count). The molecule has 0 saturated heterocycles. The van der Waals surface area contributed by atoms with Crippen molar-refractivity contribution in [2.24, 2.45) is 0 Å². The summed E-state index contributed by atoms with van der Waals surface area (Å²) in [6.07, 6.45) is -4.58. The summed E-state index contributed by atoms with van der Waals surface area (Å²) in [7, 11) is 0. The van der Waals surface area contributed by atoms with Gasteiger partial charge >= 0.3 is 6.18 Å². The van der Waals surface area contributed by atoms with Gasteiger partial charge in [0.1, 0.15) is 0 Å². The van der Waals surface area contributed by atoms with Gasteiger partial charge in [0.25, 0.3) is 0 Å². The van der Waals surface area contributed by atoms with Gasteiger partial charge in [-0.2, -0.15) is 23.5 Å². The Bertz CT molecular complexity index is 1020. The first-order chi connectivity index (χ1) is 12.7. The van der Waals surface area contributed by atoms with Crippen molar-refractivity contribution in [3.05, 3.63) is 76.1 Å². The van der Waals surface area contributed by atoms with Crippen molar-refractivity contribution in [3.8, 4) is 17.2 Å². The van der Waals surface area contributed by atoms with Crippen LogP contribution in [0.25, 0.3) is 11.1 Å². The standard InChI is InChI=1S/C21H18F3N3/c1-13-4-6-16(7-5-13)12-27-15(3)20(14(2)26-27)17-8-9-18(11-25)19(10-17)21(22,23)24/h4-10H,12H2,1-3H3. The van der Waals surface area contributed by atoms with Crippen molar-refractivity contribution in [2.45, 2.75) is 33.5 Å². The molecule has 27 heavy (non-hydrogen) atoms. The molecule has 2 aromatic carbocycles. The van der Waals surface area contributed by atoms with Crippen LogP contribution >= 0.6 is 0 Å². The van der Waals surface area contributed by atoms with Gasteiger partial charge in [0.05, 0.1) is 29.4 Å². The molecule has 1 aromatic heterocycles. The fraction of sp³-hybridized carbons (Fsp3) is 0.238. The van der Waals surface area contributed by atoms with Gasteiger partial charge in [-0.1, -0.05) is 35.9 Å². The molecule has 0 saturated carbocycles. The predicted octanol–water partition coefficient (Wildman–Crippen LogP) is 5.41. The average Bonchev–Trinajstić information content (AvgIpc) is 2.89. The Balaban J connectivity index is 2.05. The van der Waals surface area contributed by atoms with Crippen LogP contribution in [-0.4, -0.2) is 9.78 Å².